The molecule has 270 valence electrons. The van der Waals surface area contributed by atoms with E-state index in [1.54, 1.807) is 0 Å². The molecule has 0 aliphatic heterocycles. The van der Waals surface area contributed by atoms with Gasteiger partial charge in [0.2, 0.25) is 5.95 Å². The second kappa shape index (κ2) is 14.5. The average molecular weight is 732 g/mol. The third-order valence-electron chi connectivity index (χ3n) is 10.7. The maximum absolute atomic E-state index is 5.10. The Morgan fingerprint density at radius 3 is 1.47 bits per heavy atom. The molecule has 57 heavy (non-hydrogen) atoms. The quantitative estimate of drug-likeness (QED) is 0.156. The van der Waals surface area contributed by atoms with Crippen molar-refractivity contribution in [2.24, 2.45) is 0 Å². The third kappa shape index (κ3) is 6.41. The van der Waals surface area contributed by atoms with Crippen LogP contribution in [0.15, 0.2) is 206 Å². The second-order valence-corrected chi connectivity index (χ2v) is 14.2. The molecule has 2 aromatic heterocycles. The van der Waals surface area contributed by atoms with Gasteiger partial charge < -0.3 is 9.47 Å². The van der Waals surface area contributed by atoms with Crippen molar-refractivity contribution in [1.82, 2.24) is 19.5 Å². The first-order valence-corrected chi connectivity index (χ1v) is 19.2. The lowest BCUT2D eigenvalue weighted by molar-refractivity contribution is 0.999. The molecule has 0 amide bonds. The lowest BCUT2D eigenvalue weighted by Gasteiger charge is -2.22. The van der Waals surface area contributed by atoms with Crippen LogP contribution < -0.4 is 4.90 Å². The minimum absolute atomic E-state index is 0.562. The summed E-state index contributed by atoms with van der Waals surface area (Å²) in [6.45, 7) is 0. The van der Waals surface area contributed by atoms with Crippen molar-refractivity contribution in [3.8, 4) is 61.8 Å². The normalized spacial score (nSPS) is 11.2. The van der Waals surface area contributed by atoms with Crippen LogP contribution in [-0.2, 0) is 0 Å². The molecule has 5 nitrogen and oxygen atoms in total. The van der Waals surface area contributed by atoms with E-state index in [0.717, 1.165) is 44.7 Å². The molecule has 0 bridgehead atoms. The Kier molecular flexibility index (Phi) is 8.65. The number of anilines is 2. The van der Waals surface area contributed by atoms with Gasteiger partial charge in [0.05, 0.1) is 16.7 Å². The molecule has 0 atom stereocenters. The van der Waals surface area contributed by atoms with Gasteiger partial charge >= 0.3 is 0 Å². The van der Waals surface area contributed by atoms with Gasteiger partial charge in [0.25, 0.3) is 0 Å². The fraction of sp³-hybridized carbons (Fsp3) is 0.0192. The van der Waals surface area contributed by atoms with E-state index in [4.69, 9.17) is 15.0 Å². The SMILES string of the molecule is CN(c1nc(-c2ccccc2)nc(-c2ccc(-c3ccccc3)cc2)n1)c1ccccc1-c1ccc2c3ccccc3n(-c3ccc(-c4ccccc4)cc3)c2c1. The molecule has 10 rings (SSSR count). The zero-order chi connectivity index (χ0) is 38.1. The van der Waals surface area contributed by atoms with Gasteiger partial charge in [0.15, 0.2) is 11.6 Å². The molecule has 0 radical (unpaired) electrons. The van der Waals surface area contributed by atoms with Gasteiger partial charge in [0.1, 0.15) is 0 Å². The number of nitrogens with zero attached hydrogens (tertiary/aromatic N) is 5. The van der Waals surface area contributed by atoms with E-state index in [0.29, 0.717) is 17.6 Å². The second-order valence-electron chi connectivity index (χ2n) is 14.2. The van der Waals surface area contributed by atoms with E-state index in [1.807, 2.05) is 43.4 Å². The minimum atomic E-state index is 0.562. The maximum Gasteiger partial charge on any atom is 0.233 e. The molecular formula is C52H37N5. The van der Waals surface area contributed by atoms with Crippen LogP contribution in [-0.4, -0.2) is 26.6 Å². The van der Waals surface area contributed by atoms with E-state index >= 15 is 0 Å². The van der Waals surface area contributed by atoms with Gasteiger partial charge in [-0.3, -0.25) is 0 Å². The topological polar surface area (TPSA) is 46.8 Å². The van der Waals surface area contributed by atoms with Crippen LogP contribution >= 0.6 is 0 Å². The summed E-state index contributed by atoms with van der Waals surface area (Å²) in [7, 11) is 2.04. The summed E-state index contributed by atoms with van der Waals surface area (Å²) in [4.78, 5) is 17.2. The number of fused-ring (bicyclic) bond motifs is 3. The Balaban J connectivity index is 1.07. The smallest absolute Gasteiger partial charge is 0.233 e. The van der Waals surface area contributed by atoms with Crippen LogP contribution in [0.4, 0.5) is 11.6 Å². The number of rotatable bonds is 8. The van der Waals surface area contributed by atoms with Crippen molar-refractivity contribution < 1.29 is 0 Å². The predicted molar refractivity (Wildman–Crippen MR) is 236 cm³/mol. The molecule has 10 aromatic rings. The van der Waals surface area contributed by atoms with Gasteiger partial charge in [0, 0.05) is 40.2 Å². The monoisotopic (exact) mass is 731 g/mol. The standard InChI is InChI=1S/C52H37N5/c1-56(52-54-50(40-19-9-4-10-20-40)53-51(55-52)41-27-25-38(26-28-41)36-15-5-2-6-16-36)47-23-13-11-21-44(47)42-31-34-46-45-22-12-14-24-48(45)57(49(46)35-42)43-32-29-39(30-33-43)37-17-7-3-8-18-37/h2-35H,1H3. The van der Waals surface area contributed by atoms with Crippen LogP contribution in [0, 0.1) is 0 Å². The van der Waals surface area contributed by atoms with Crippen LogP contribution in [0.1, 0.15) is 0 Å². The van der Waals surface area contributed by atoms with Crippen molar-refractivity contribution in [1.29, 1.82) is 0 Å². The van der Waals surface area contributed by atoms with Crippen molar-refractivity contribution in [2.45, 2.75) is 0 Å². The van der Waals surface area contributed by atoms with Crippen LogP contribution in [0.3, 0.4) is 0 Å². The van der Waals surface area contributed by atoms with Crippen molar-refractivity contribution in [2.75, 3.05) is 11.9 Å². The number of benzene rings is 8. The van der Waals surface area contributed by atoms with Crippen molar-refractivity contribution >= 4 is 33.4 Å². The zero-order valence-electron chi connectivity index (χ0n) is 31.4. The highest BCUT2D eigenvalue weighted by atomic mass is 15.3. The number of hydrogen-bond acceptors (Lipinski definition) is 4. The van der Waals surface area contributed by atoms with Crippen molar-refractivity contribution in [3.63, 3.8) is 0 Å². The molecule has 0 fully saturated rings. The van der Waals surface area contributed by atoms with Gasteiger partial charge in [-0.25, -0.2) is 4.98 Å². The van der Waals surface area contributed by atoms with E-state index in [2.05, 4.69) is 179 Å². The highest BCUT2D eigenvalue weighted by molar-refractivity contribution is 6.10. The fourth-order valence-corrected chi connectivity index (χ4v) is 7.77. The maximum atomic E-state index is 5.10. The van der Waals surface area contributed by atoms with Gasteiger partial charge in [-0.2, -0.15) is 9.97 Å². The van der Waals surface area contributed by atoms with E-state index in [9.17, 15) is 0 Å². The van der Waals surface area contributed by atoms with E-state index in [-0.39, 0.29) is 0 Å². The summed E-state index contributed by atoms with van der Waals surface area (Å²) >= 11 is 0. The largest absolute Gasteiger partial charge is 0.313 e. The van der Waals surface area contributed by atoms with Gasteiger partial charge in [-0.15, -0.1) is 0 Å². The Labute approximate surface area is 331 Å². The molecule has 0 saturated heterocycles. The molecule has 0 saturated carbocycles. The number of aromatic nitrogens is 4. The number of para-hydroxylation sites is 2. The lowest BCUT2D eigenvalue weighted by Crippen LogP contribution is -2.16. The highest BCUT2D eigenvalue weighted by Crippen LogP contribution is 2.39. The first-order chi connectivity index (χ1) is 28.2. The molecule has 0 unspecified atom stereocenters. The van der Waals surface area contributed by atoms with Gasteiger partial charge in [-0.05, 0) is 58.1 Å². The first kappa shape index (κ1) is 33.9. The summed E-state index contributed by atoms with van der Waals surface area (Å²) in [5.74, 6) is 1.80. The van der Waals surface area contributed by atoms with Gasteiger partial charge in [-0.1, -0.05) is 176 Å². The molecule has 8 aromatic carbocycles. The zero-order valence-corrected chi connectivity index (χ0v) is 31.4. The Morgan fingerprint density at radius 2 is 0.825 bits per heavy atom. The molecule has 2 heterocycles. The molecule has 0 aliphatic carbocycles. The van der Waals surface area contributed by atoms with Crippen LogP contribution in [0.25, 0.3) is 83.6 Å². The summed E-state index contributed by atoms with van der Waals surface area (Å²) < 4.78 is 2.38. The van der Waals surface area contributed by atoms with Crippen LogP contribution in [0.5, 0.6) is 0 Å². The molecule has 0 N–H and O–H groups in total. The Morgan fingerprint density at radius 1 is 0.368 bits per heavy atom. The highest BCUT2D eigenvalue weighted by Gasteiger charge is 2.19. The molecule has 0 spiro atoms. The van der Waals surface area contributed by atoms with Crippen molar-refractivity contribution in [3.05, 3.63) is 206 Å². The molecule has 5 heteroatoms. The summed E-state index contributed by atoms with van der Waals surface area (Å²) in [5.41, 5.74) is 13.2. The van der Waals surface area contributed by atoms with Crippen LogP contribution in [0.2, 0.25) is 0 Å². The number of hydrogen-bond donors (Lipinski definition) is 0. The Bertz CT molecular complexity index is 2990. The van der Waals surface area contributed by atoms with E-state index in [1.165, 1.54) is 33.0 Å². The first-order valence-electron chi connectivity index (χ1n) is 19.2. The fourth-order valence-electron chi connectivity index (χ4n) is 7.77. The summed E-state index contributed by atoms with van der Waals surface area (Å²) in [6.07, 6.45) is 0. The van der Waals surface area contributed by atoms with E-state index < -0.39 is 0 Å². The summed E-state index contributed by atoms with van der Waals surface area (Å²) in [5, 5.41) is 2.43. The minimum Gasteiger partial charge on any atom is -0.313 e. The predicted octanol–water partition coefficient (Wildman–Crippen LogP) is 13.1. The average Bonchev–Trinajstić information content (AvgIpc) is 3.63. The Hall–Kier alpha value is -7.63. The molecule has 0 aliphatic rings. The third-order valence-corrected chi connectivity index (χ3v) is 10.7. The molecular weight excluding hydrogens is 695 g/mol. The summed E-state index contributed by atoms with van der Waals surface area (Å²) in [6, 6.07) is 72.3. The lowest BCUT2D eigenvalue weighted by atomic mass is 10.0.